The van der Waals surface area contributed by atoms with Gasteiger partial charge in [0.15, 0.2) is 5.78 Å². The molecule has 4 aliphatic rings. The average Bonchev–Trinajstić information content (AvgIpc) is 3.48. The molecule has 0 spiro atoms. The molecule has 0 aromatic rings. The Morgan fingerprint density at radius 1 is 0.556 bits per heavy atom. The minimum absolute atomic E-state index is 0. The third kappa shape index (κ3) is 11.9. The smallest absolute Gasteiger partial charge is 0.294 e. The third-order valence-electron chi connectivity index (χ3n) is 3.52. The van der Waals surface area contributed by atoms with Gasteiger partial charge in [0.05, 0.1) is 5.92 Å². The summed E-state index contributed by atoms with van der Waals surface area (Å²) in [7, 11) is 0. The van der Waals surface area contributed by atoms with Gasteiger partial charge in [-0.3, -0.25) is 4.79 Å². The van der Waals surface area contributed by atoms with Gasteiger partial charge >= 0.3 is 34.1 Å². The van der Waals surface area contributed by atoms with Crippen molar-refractivity contribution in [3.63, 3.8) is 0 Å². The van der Waals surface area contributed by atoms with Gasteiger partial charge in [0.1, 0.15) is 0 Å². The van der Waals surface area contributed by atoms with E-state index in [1.165, 1.54) is 0 Å². The SMILES string of the molecule is C/C(=C\C(=O)[C]1[CH][CH][CH][CH]1)[C]1[CH][CH][CH][CH]1.[CH]1[CH][CH][CH][CH]1.[CH]1[CH][CH][CH][CH]1.[Fe+2].[Fe+2]. The molecule has 4 saturated carbocycles. The first-order valence-electron chi connectivity index (χ1n) is 8.27. The number of carbonyl (C=O) groups excluding carboxylic acids is 1. The molecule has 0 aromatic heterocycles. The molecule has 0 unspecified atom stereocenters. The fourth-order valence-electron chi connectivity index (χ4n) is 2.18. The van der Waals surface area contributed by atoms with Gasteiger partial charge in [-0.15, -0.1) is 0 Å². The summed E-state index contributed by atoms with van der Waals surface area (Å²) in [5.74, 6) is 1.93. The van der Waals surface area contributed by atoms with Crippen molar-refractivity contribution >= 4 is 5.78 Å². The summed E-state index contributed by atoms with van der Waals surface area (Å²) in [5, 5.41) is 0. The molecule has 0 aromatic carbocycles. The van der Waals surface area contributed by atoms with Crippen molar-refractivity contribution in [3.05, 3.63) is 139 Å². The third-order valence-corrected chi connectivity index (χ3v) is 3.52. The zero-order valence-corrected chi connectivity index (χ0v) is 17.3. The molecule has 4 aliphatic carbocycles. The predicted octanol–water partition coefficient (Wildman–Crippen LogP) is 4.35. The maximum Gasteiger partial charge on any atom is 2.00 e. The van der Waals surface area contributed by atoms with E-state index >= 15 is 0 Å². The van der Waals surface area contributed by atoms with E-state index in [1.807, 2.05) is 122 Å². The Kier molecular flexibility index (Phi) is 17.6. The average molecular weight is 438 g/mol. The van der Waals surface area contributed by atoms with Gasteiger partial charge in [0.25, 0.3) is 0 Å². The number of carbonyl (C=O) groups is 1. The van der Waals surface area contributed by atoms with Crippen molar-refractivity contribution in [3.8, 4) is 0 Å². The molecular weight excluding hydrogens is 416 g/mol. The fourth-order valence-corrected chi connectivity index (χ4v) is 2.18. The number of hydrogen-bond acceptors (Lipinski definition) is 1. The first kappa shape index (κ1) is 27.4. The quantitative estimate of drug-likeness (QED) is 0.473. The second-order valence-corrected chi connectivity index (χ2v) is 5.46. The zero-order valence-electron chi connectivity index (χ0n) is 15.1. The summed E-state index contributed by atoms with van der Waals surface area (Å²) in [6, 6.07) is 0. The van der Waals surface area contributed by atoms with Gasteiger partial charge in [-0.25, -0.2) is 0 Å². The summed E-state index contributed by atoms with van der Waals surface area (Å²) >= 11 is 0. The molecule has 0 saturated heterocycles. The van der Waals surface area contributed by atoms with Crippen LogP contribution in [-0.2, 0) is 38.9 Å². The van der Waals surface area contributed by atoms with E-state index in [0.717, 1.165) is 17.4 Å². The largest absolute Gasteiger partial charge is 2.00 e. The number of hydrogen-bond donors (Lipinski definition) is 0. The van der Waals surface area contributed by atoms with Crippen LogP contribution in [0, 0.1) is 127 Å². The second-order valence-electron chi connectivity index (χ2n) is 5.46. The van der Waals surface area contributed by atoms with Gasteiger partial charge in [-0.2, -0.15) is 0 Å². The van der Waals surface area contributed by atoms with Gasteiger partial charge < -0.3 is 0 Å². The molecule has 4 rings (SSSR count). The van der Waals surface area contributed by atoms with Gasteiger partial charge in [0.2, 0.25) is 0 Å². The topological polar surface area (TPSA) is 17.1 Å². The summed E-state index contributed by atoms with van der Waals surface area (Å²) in [6.07, 6.45) is 37.0. The van der Waals surface area contributed by atoms with Crippen molar-refractivity contribution in [1.82, 2.24) is 0 Å². The number of ketones is 1. The van der Waals surface area contributed by atoms with Gasteiger partial charge in [-0.1, -0.05) is 5.57 Å². The van der Waals surface area contributed by atoms with Gasteiger partial charge in [-0.05, 0) is 129 Å². The number of rotatable bonds is 3. The summed E-state index contributed by atoms with van der Waals surface area (Å²) in [5.41, 5.74) is 1.01. The van der Waals surface area contributed by atoms with Crippen molar-refractivity contribution in [1.29, 1.82) is 0 Å². The maximum atomic E-state index is 11.7. The Morgan fingerprint density at radius 3 is 1.19 bits per heavy atom. The van der Waals surface area contributed by atoms with E-state index in [0.29, 0.717) is 0 Å². The van der Waals surface area contributed by atoms with Crippen LogP contribution < -0.4 is 0 Å². The van der Waals surface area contributed by atoms with Crippen molar-refractivity contribution in [2.45, 2.75) is 6.92 Å². The molecule has 1 nitrogen and oxygen atoms in total. The van der Waals surface area contributed by atoms with Crippen molar-refractivity contribution < 1.29 is 38.9 Å². The molecule has 0 heterocycles. The Bertz CT molecular complexity index is 360. The second kappa shape index (κ2) is 17.3. The standard InChI is InChI=1S/C14H12O.2C5H5.2Fe/c1-11(12-6-2-3-7-12)10-14(15)13-8-4-5-9-13;2*1-2-4-5-3-1;;/h2-10H,1H3;2*1-5H;;/q;;;2*+2/b11-10+;;;;. The Labute approximate surface area is 190 Å². The van der Waals surface area contributed by atoms with E-state index in [9.17, 15) is 4.79 Å². The maximum absolute atomic E-state index is 11.7. The molecular formula is C24H22Fe2O+4. The van der Waals surface area contributed by atoms with Crippen molar-refractivity contribution in [2.24, 2.45) is 0 Å². The molecule has 0 atom stereocenters. The van der Waals surface area contributed by atoms with Crippen LogP contribution in [0.25, 0.3) is 0 Å². The van der Waals surface area contributed by atoms with Crippen LogP contribution in [0.5, 0.6) is 0 Å². The Hall–Kier alpha value is 0.449. The summed E-state index contributed by atoms with van der Waals surface area (Å²) in [6.45, 7) is 1.95. The van der Waals surface area contributed by atoms with Crippen LogP contribution in [-0.4, -0.2) is 5.78 Å². The van der Waals surface area contributed by atoms with Crippen LogP contribution in [0.15, 0.2) is 11.6 Å². The predicted molar refractivity (Wildman–Crippen MR) is 103 cm³/mol. The number of allylic oxidation sites excluding steroid dienone is 2. The molecule has 20 radical (unpaired) electrons. The van der Waals surface area contributed by atoms with Crippen LogP contribution in [0.3, 0.4) is 0 Å². The van der Waals surface area contributed by atoms with Crippen LogP contribution in [0.1, 0.15) is 6.92 Å². The summed E-state index contributed by atoms with van der Waals surface area (Å²) in [4.78, 5) is 11.7. The molecule has 136 valence electrons. The Balaban J connectivity index is 0.000000465. The van der Waals surface area contributed by atoms with Crippen LogP contribution >= 0.6 is 0 Å². The van der Waals surface area contributed by atoms with E-state index in [4.69, 9.17) is 0 Å². The van der Waals surface area contributed by atoms with E-state index in [-0.39, 0.29) is 39.9 Å². The van der Waals surface area contributed by atoms with Crippen molar-refractivity contribution in [2.75, 3.05) is 0 Å². The molecule has 0 aliphatic heterocycles. The summed E-state index contributed by atoms with van der Waals surface area (Å²) < 4.78 is 0. The molecule has 0 amide bonds. The first-order valence-corrected chi connectivity index (χ1v) is 8.27. The monoisotopic (exact) mass is 438 g/mol. The fraction of sp³-hybridized carbons (Fsp3) is 0.0417. The molecule has 0 N–H and O–H groups in total. The molecule has 4 fully saturated rings. The van der Waals surface area contributed by atoms with Crippen LogP contribution in [0.4, 0.5) is 0 Å². The normalized spacial score (nSPS) is 22.8. The first-order chi connectivity index (χ1) is 12.3. The Morgan fingerprint density at radius 2 is 0.852 bits per heavy atom. The molecule has 27 heavy (non-hydrogen) atoms. The van der Waals surface area contributed by atoms with E-state index in [2.05, 4.69) is 0 Å². The van der Waals surface area contributed by atoms with E-state index in [1.54, 1.807) is 6.08 Å². The minimum Gasteiger partial charge on any atom is -0.294 e. The van der Waals surface area contributed by atoms with Gasteiger partial charge in [0, 0.05) is 5.92 Å². The zero-order chi connectivity index (χ0) is 17.7. The minimum atomic E-state index is 0. The molecule has 0 bridgehead atoms. The van der Waals surface area contributed by atoms with Crippen LogP contribution in [0.2, 0.25) is 0 Å². The van der Waals surface area contributed by atoms with E-state index < -0.39 is 0 Å². The molecule has 3 heteroatoms.